The molecule has 1 unspecified atom stereocenters. The summed E-state index contributed by atoms with van der Waals surface area (Å²) in [6.07, 6.45) is 6.62. The van der Waals surface area contributed by atoms with Crippen molar-refractivity contribution in [2.75, 3.05) is 12.8 Å². The van der Waals surface area contributed by atoms with E-state index in [1.165, 1.54) is 37.0 Å². The van der Waals surface area contributed by atoms with Gasteiger partial charge in [-0.05, 0) is 31.7 Å². The summed E-state index contributed by atoms with van der Waals surface area (Å²) in [7, 11) is 2.06. The third-order valence-corrected chi connectivity index (χ3v) is 4.45. The van der Waals surface area contributed by atoms with Gasteiger partial charge in [0.1, 0.15) is 0 Å². The summed E-state index contributed by atoms with van der Waals surface area (Å²) in [5.74, 6) is 1.11. The summed E-state index contributed by atoms with van der Waals surface area (Å²) in [4.78, 5) is 1.26. The molecule has 3 heteroatoms. The summed E-state index contributed by atoms with van der Waals surface area (Å²) in [5.41, 5.74) is 0. The van der Waals surface area contributed by atoms with E-state index in [0.29, 0.717) is 6.04 Å². The molecule has 1 rings (SSSR count). The predicted octanol–water partition coefficient (Wildman–Crippen LogP) is 4.99. The molecule has 1 nitrogen and oxygen atoms in total. The molecule has 0 bridgehead atoms. The highest BCUT2D eigenvalue weighted by Gasteiger charge is 2.06. The van der Waals surface area contributed by atoms with E-state index < -0.39 is 0 Å². The van der Waals surface area contributed by atoms with Crippen LogP contribution in [-0.2, 0) is 0 Å². The highest BCUT2D eigenvalue weighted by atomic mass is 35.5. The number of unbranched alkanes of at least 4 members (excludes halogenated alkanes) is 3. The Morgan fingerprint density at radius 1 is 1.28 bits per heavy atom. The lowest BCUT2D eigenvalue weighted by Crippen LogP contribution is -2.27. The van der Waals surface area contributed by atoms with E-state index in [0.717, 1.165) is 10.8 Å². The minimum atomic E-state index is 0.603. The van der Waals surface area contributed by atoms with Gasteiger partial charge in [-0.2, -0.15) is 0 Å². The molecule has 0 saturated heterocycles. The Hall–Kier alpha value is -0.180. The molecule has 0 aliphatic rings. The van der Waals surface area contributed by atoms with Gasteiger partial charge in [-0.15, -0.1) is 11.8 Å². The van der Waals surface area contributed by atoms with Gasteiger partial charge in [-0.1, -0.05) is 50.3 Å². The molecule has 0 aliphatic heterocycles. The fourth-order valence-electron chi connectivity index (χ4n) is 1.88. The topological polar surface area (TPSA) is 12.0 Å². The lowest BCUT2D eigenvalue weighted by molar-refractivity contribution is 0.523. The van der Waals surface area contributed by atoms with Crippen LogP contribution in [0.4, 0.5) is 0 Å². The summed E-state index contributed by atoms with van der Waals surface area (Å²) < 4.78 is 0. The summed E-state index contributed by atoms with van der Waals surface area (Å²) in [5, 5.41) is 4.23. The second kappa shape index (κ2) is 9.71. The molecule has 0 amide bonds. The van der Waals surface area contributed by atoms with Gasteiger partial charge in [-0.25, -0.2) is 0 Å². The monoisotopic (exact) mass is 285 g/mol. The van der Waals surface area contributed by atoms with Crippen LogP contribution in [0.5, 0.6) is 0 Å². The van der Waals surface area contributed by atoms with Crippen molar-refractivity contribution in [3.63, 3.8) is 0 Å². The molecular formula is C15H24ClNS. The first-order valence-corrected chi connectivity index (χ1v) is 8.18. The smallest absolute Gasteiger partial charge is 0.0417 e. The van der Waals surface area contributed by atoms with E-state index in [2.05, 4.69) is 25.4 Å². The number of hydrogen-bond acceptors (Lipinski definition) is 2. The van der Waals surface area contributed by atoms with Crippen molar-refractivity contribution < 1.29 is 0 Å². The van der Waals surface area contributed by atoms with Gasteiger partial charge in [0.25, 0.3) is 0 Å². The molecule has 0 spiro atoms. The highest BCUT2D eigenvalue weighted by molar-refractivity contribution is 7.99. The second-order valence-corrected chi connectivity index (χ2v) is 6.13. The number of halogens is 1. The van der Waals surface area contributed by atoms with Crippen molar-refractivity contribution in [3.05, 3.63) is 29.3 Å². The van der Waals surface area contributed by atoms with Crippen molar-refractivity contribution in [3.8, 4) is 0 Å². The molecule has 0 fully saturated rings. The van der Waals surface area contributed by atoms with Gasteiger partial charge in [0.2, 0.25) is 0 Å². The third kappa shape index (κ3) is 6.67. The number of benzene rings is 1. The summed E-state index contributed by atoms with van der Waals surface area (Å²) in [6.45, 7) is 2.25. The van der Waals surface area contributed by atoms with E-state index >= 15 is 0 Å². The Balaban J connectivity index is 2.26. The summed E-state index contributed by atoms with van der Waals surface area (Å²) in [6, 6.07) is 8.70. The minimum Gasteiger partial charge on any atom is -0.316 e. The molecule has 0 saturated carbocycles. The second-order valence-electron chi connectivity index (χ2n) is 4.60. The zero-order valence-corrected chi connectivity index (χ0v) is 13.0. The number of nitrogens with one attached hydrogen (secondary N) is 1. The van der Waals surface area contributed by atoms with Gasteiger partial charge in [-0.3, -0.25) is 0 Å². The highest BCUT2D eigenvalue weighted by Crippen LogP contribution is 2.23. The van der Waals surface area contributed by atoms with Crippen LogP contribution in [0.2, 0.25) is 5.02 Å². The average Bonchev–Trinajstić information content (AvgIpc) is 2.38. The Labute approximate surface area is 121 Å². The Morgan fingerprint density at radius 3 is 2.78 bits per heavy atom. The van der Waals surface area contributed by atoms with Crippen molar-refractivity contribution >= 4 is 23.4 Å². The molecule has 0 heterocycles. The SMILES string of the molecule is CCCCCCC(CSc1cccc(Cl)c1)NC. The Morgan fingerprint density at radius 2 is 2.11 bits per heavy atom. The van der Waals surface area contributed by atoms with E-state index in [1.807, 2.05) is 30.0 Å². The minimum absolute atomic E-state index is 0.603. The molecule has 1 atom stereocenters. The van der Waals surface area contributed by atoms with Crippen LogP contribution in [0.1, 0.15) is 39.0 Å². The molecular weight excluding hydrogens is 262 g/mol. The van der Waals surface area contributed by atoms with Gasteiger partial charge in [0.05, 0.1) is 0 Å². The lowest BCUT2D eigenvalue weighted by atomic mass is 10.1. The van der Waals surface area contributed by atoms with Crippen molar-refractivity contribution in [2.45, 2.75) is 50.0 Å². The maximum absolute atomic E-state index is 5.98. The quantitative estimate of drug-likeness (QED) is 0.507. The Kier molecular flexibility index (Phi) is 8.57. The van der Waals surface area contributed by atoms with Gasteiger partial charge in [0.15, 0.2) is 0 Å². The van der Waals surface area contributed by atoms with E-state index in [9.17, 15) is 0 Å². The first-order valence-electron chi connectivity index (χ1n) is 6.82. The standard InChI is InChI=1S/C15H24ClNS/c1-3-4-5-6-9-14(17-2)12-18-15-10-7-8-13(16)11-15/h7-8,10-11,14,17H,3-6,9,12H2,1-2H3. The van der Waals surface area contributed by atoms with Gasteiger partial charge in [0, 0.05) is 21.7 Å². The molecule has 0 radical (unpaired) electrons. The normalized spacial score (nSPS) is 12.6. The molecule has 1 aromatic carbocycles. The molecule has 1 aromatic rings. The Bertz CT molecular complexity index is 330. The van der Waals surface area contributed by atoms with Crippen molar-refractivity contribution in [1.82, 2.24) is 5.32 Å². The molecule has 0 aliphatic carbocycles. The molecule has 102 valence electrons. The third-order valence-electron chi connectivity index (χ3n) is 3.06. The van der Waals surface area contributed by atoms with Crippen LogP contribution in [0.25, 0.3) is 0 Å². The maximum Gasteiger partial charge on any atom is 0.0417 e. The zero-order chi connectivity index (χ0) is 13.2. The summed E-state index contributed by atoms with van der Waals surface area (Å²) >= 11 is 7.87. The molecule has 1 N–H and O–H groups in total. The van der Waals surface area contributed by atoms with Crippen LogP contribution >= 0.6 is 23.4 Å². The van der Waals surface area contributed by atoms with E-state index in [4.69, 9.17) is 11.6 Å². The number of hydrogen-bond donors (Lipinski definition) is 1. The maximum atomic E-state index is 5.98. The first-order chi connectivity index (χ1) is 8.76. The molecule has 18 heavy (non-hydrogen) atoms. The zero-order valence-electron chi connectivity index (χ0n) is 11.4. The van der Waals surface area contributed by atoms with E-state index in [-0.39, 0.29) is 0 Å². The fraction of sp³-hybridized carbons (Fsp3) is 0.600. The van der Waals surface area contributed by atoms with Gasteiger partial charge < -0.3 is 5.32 Å². The van der Waals surface area contributed by atoms with Crippen LogP contribution < -0.4 is 5.32 Å². The number of rotatable bonds is 9. The van der Waals surface area contributed by atoms with E-state index in [1.54, 1.807) is 0 Å². The van der Waals surface area contributed by atoms with Crippen molar-refractivity contribution in [1.29, 1.82) is 0 Å². The first kappa shape index (κ1) is 15.9. The van der Waals surface area contributed by atoms with Crippen molar-refractivity contribution in [2.24, 2.45) is 0 Å². The van der Waals surface area contributed by atoms with Gasteiger partial charge >= 0.3 is 0 Å². The fourth-order valence-corrected chi connectivity index (χ4v) is 3.25. The molecule has 0 aromatic heterocycles. The van der Waals surface area contributed by atoms with Crippen LogP contribution in [-0.4, -0.2) is 18.8 Å². The average molecular weight is 286 g/mol. The number of thioether (sulfide) groups is 1. The lowest BCUT2D eigenvalue weighted by Gasteiger charge is -2.15. The largest absolute Gasteiger partial charge is 0.316 e. The van der Waals surface area contributed by atoms with Crippen LogP contribution in [0, 0.1) is 0 Å². The van der Waals surface area contributed by atoms with Crippen LogP contribution in [0.15, 0.2) is 29.2 Å². The predicted molar refractivity (Wildman–Crippen MR) is 83.8 cm³/mol. The van der Waals surface area contributed by atoms with Crippen LogP contribution in [0.3, 0.4) is 0 Å².